The van der Waals surface area contributed by atoms with Crippen LogP contribution < -0.4 is 0 Å². The first-order valence-corrected chi connectivity index (χ1v) is 20.9. The van der Waals surface area contributed by atoms with E-state index in [4.69, 9.17) is 23.8 Å². The number of furan rings is 1. The van der Waals surface area contributed by atoms with Gasteiger partial charge in [-0.2, -0.15) is 0 Å². The molecule has 282 valence electrons. The Balaban J connectivity index is 0.900. The third kappa shape index (κ3) is 6.71. The molecule has 0 radical (unpaired) electrons. The smallest absolute Gasteiger partial charge is 0.227 e. The fraction of sp³-hybridized carbons (Fsp3) is 0.0755. The number of thioether (sulfide) groups is 1. The largest absolute Gasteiger partial charge is 0.455 e. The molecule has 0 atom stereocenters. The summed E-state index contributed by atoms with van der Waals surface area (Å²) in [6.45, 7) is 0. The van der Waals surface area contributed by atoms with Crippen LogP contribution in [0.25, 0.3) is 66.2 Å². The maximum atomic E-state index is 6.83. The highest BCUT2D eigenvalue weighted by molar-refractivity contribution is 8.08. The van der Waals surface area contributed by atoms with Gasteiger partial charge in [0.15, 0.2) is 11.4 Å². The van der Waals surface area contributed by atoms with Crippen molar-refractivity contribution in [1.82, 2.24) is 4.98 Å². The molecule has 2 aliphatic rings. The van der Waals surface area contributed by atoms with Gasteiger partial charge in [0.25, 0.3) is 0 Å². The van der Waals surface area contributed by atoms with Gasteiger partial charge in [-0.25, -0.2) is 15.0 Å². The van der Waals surface area contributed by atoms with Crippen LogP contribution >= 0.6 is 11.8 Å². The van der Waals surface area contributed by atoms with Crippen LogP contribution in [0.4, 0.5) is 0 Å². The number of aromatic nitrogens is 1. The number of aryl methyl sites for hydroxylation is 1. The zero-order chi connectivity index (χ0) is 39.1. The Morgan fingerprint density at radius 2 is 1.17 bits per heavy atom. The van der Waals surface area contributed by atoms with Crippen molar-refractivity contribution in [2.75, 3.05) is 0 Å². The zero-order valence-corrected chi connectivity index (χ0v) is 33.0. The van der Waals surface area contributed by atoms with Gasteiger partial charge >= 0.3 is 0 Å². The van der Waals surface area contributed by atoms with E-state index in [9.17, 15) is 0 Å². The van der Waals surface area contributed by atoms with Crippen LogP contribution in [0.3, 0.4) is 0 Å². The van der Waals surface area contributed by atoms with E-state index >= 15 is 0 Å². The predicted octanol–water partition coefficient (Wildman–Crippen LogP) is 14.2. The van der Waals surface area contributed by atoms with Crippen LogP contribution in [0.15, 0.2) is 200 Å². The maximum absolute atomic E-state index is 6.83. The molecule has 59 heavy (non-hydrogen) atoms. The summed E-state index contributed by atoms with van der Waals surface area (Å²) in [5.74, 6) is 1.27. The fourth-order valence-corrected chi connectivity index (χ4v) is 9.35. The number of hydrogen-bond acceptors (Lipinski definition) is 6. The average Bonchev–Trinajstić information content (AvgIpc) is 3.82. The molecule has 0 spiro atoms. The van der Waals surface area contributed by atoms with Gasteiger partial charge in [-0.1, -0.05) is 151 Å². The molecule has 7 aromatic carbocycles. The monoisotopic (exact) mass is 779 g/mol. The van der Waals surface area contributed by atoms with Gasteiger partial charge in [-0.05, 0) is 84.3 Å². The molecule has 0 saturated carbocycles. The molecule has 11 rings (SSSR count). The summed E-state index contributed by atoms with van der Waals surface area (Å²) in [6.07, 6.45) is 8.21. The molecule has 0 amide bonds. The first-order valence-electron chi connectivity index (χ1n) is 20.1. The van der Waals surface area contributed by atoms with E-state index in [2.05, 4.69) is 133 Å². The van der Waals surface area contributed by atoms with Gasteiger partial charge in [0.05, 0.1) is 11.4 Å². The molecule has 0 bridgehead atoms. The molecular formula is C53H37N3O2S. The molecule has 5 nitrogen and oxygen atoms in total. The Morgan fingerprint density at radius 1 is 0.492 bits per heavy atom. The number of rotatable bonds is 6. The van der Waals surface area contributed by atoms with Gasteiger partial charge in [-0.15, -0.1) is 0 Å². The van der Waals surface area contributed by atoms with Gasteiger partial charge in [0.1, 0.15) is 16.7 Å². The molecule has 4 heterocycles. The van der Waals surface area contributed by atoms with Crippen molar-refractivity contribution >= 4 is 66.9 Å². The summed E-state index contributed by atoms with van der Waals surface area (Å²) in [6, 6.07) is 56.7. The highest BCUT2D eigenvalue weighted by Gasteiger charge is 2.20. The minimum absolute atomic E-state index is 0.576. The Bertz CT molecular complexity index is 3170. The number of nitrogens with zero attached hydrogens (tertiary/aromatic N) is 3. The lowest BCUT2D eigenvalue weighted by Crippen LogP contribution is -2.09. The summed E-state index contributed by atoms with van der Waals surface area (Å²) in [7, 11) is 0. The molecule has 0 N–H and O–H groups in total. The van der Waals surface area contributed by atoms with Crippen LogP contribution in [0, 0.1) is 0 Å². The first-order chi connectivity index (χ1) is 29.2. The Morgan fingerprint density at radius 3 is 1.98 bits per heavy atom. The summed E-state index contributed by atoms with van der Waals surface area (Å²) in [4.78, 5) is 17.8. The average molecular weight is 780 g/mol. The molecule has 6 heteroatoms. The molecule has 9 aromatic rings. The van der Waals surface area contributed by atoms with E-state index in [0.717, 1.165) is 109 Å². The minimum atomic E-state index is 0.576. The summed E-state index contributed by atoms with van der Waals surface area (Å²) >= 11 is 1.84. The van der Waals surface area contributed by atoms with Gasteiger partial charge in [-0.3, -0.25) is 0 Å². The third-order valence-corrected chi connectivity index (χ3v) is 12.4. The van der Waals surface area contributed by atoms with Gasteiger partial charge in [0, 0.05) is 42.8 Å². The van der Waals surface area contributed by atoms with Crippen molar-refractivity contribution in [2.45, 2.75) is 30.6 Å². The van der Waals surface area contributed by atoms with Crippen LogP contribution in [0.5, 0.6) is 0 Å². The topological polar surface area (TPSA) is 63.9 Å². The Labute approximate surface area is 346 Å². The van der Waals surface area contributed by atoms with Crippen molar-refractivity contribution in [1.29, 1.82) is 0 Å². The van der Waals surface area contributed by atoms with E-state index in [1.54, 1.807) is 0 Å². The number of oxazole rings is 1. The third-order valence-electron chi connectivity index (χ3n) is 11.2. The molecule has 2 aromatic heterocycles. The van der Waals surface area contributed by atoms with Gasteiger partial charge < -0.3 is 8.83 Å². The number of hydrogen-bond donors (Lipinski definition) is 0. The van der Waals surface area contributed by atoms with Gasteiger partial charge in [0.2, 0.25) is 5.89 Å². The molecule has 2 aliphatic heterocycles. The minimum Gasteiger partial charge on any atom is -0.455 e. The van der Waals surface area contributed by atoms with Crippen LogP contribution in [0.1, 0.15) is 47.1 Å². The molecule has 0 aliphatic carbocycles. The van der Waals surface area contributed by atoms with Crippen molar-refractivity contribution in [2.24, 2.45) is 9.98 Å². The number of allylic oxidation sites excluding steroid dienone is 2. The van der Waals surface area contributed by atoms with Crippen LogP contribution in [-0.2, 0) is 6.42 Å². The van der Waals surface area contributed by atoms with E-state index < -0.39 is 0 Å². The Hall–Kier alpha value is -7.02. The molecular weight excluding hydrogens is 743 g/mol. The predicted molar refractivity (Wildman–Crippen MR) is 244 cm³/mol. The number of para-hydroxylation sites is 2. The second-order valence-corrected chi connectivity index (χ2v) is 16.0. The highest BCUT2D eigenvalue weighted by atomic mass is 32.2. The highest BCUT2D eigenvalue weighted by Crippen LogP contribution is 2.45. The van der Waals surface area contributed by atoms with E-state index in [1.165, 1.54) is 15.4 Å². The van der Waals surface area contributed by atoms with E-state index in [0.29, 0.717) is 11.7 Å². The lowest BCUT2D eigenvalue weighted by molar-refractivity contribution is 0.620. The first kappa shape index (κ1) is 35.2. The number of aliphatic imine (C=N–C) groups is 2. The lowest BCUT2D eigenvalue weighted by Gasteiger charge is -2.13. The van der Waals surface area contributed by atoms with Crippen molar-refractivity contribution < 1.29 is 8.83 Å². The summed E-state index contributed by atoms with van der Waals surface area (Å²) in [5, 5.41) is 2.24. The molecule has 0 saturated heterocycles. The van der Waals surface area contributed by atoms with E-state index in [-0.39, 0.29) is 0 Å². The Kier molecular flexibility index (Phi) is 8.97. The number of amidine groups is 1. The zero-order valence-electron chi connectivity index (χ0n) is 32.1. The summed E-state index contributed by atoms with van der Waals surface area (Å²) < 4.78 is 13.2. The number of fused-ring (bicyclic) bond motifs is 5. The number of benzene rings is 7. The van der Waals surface area contributed by atoms with Crippen molar-refractivity contribution in [3.8, 4) is 22.6 Å². The maximum Gasteiger partial charge on any atom is 0.227 e. The molecule has 0 unspecified atom stereocenters. The lowest BCUT2D eigenvalue weighted by atomic mass is 10.0. The van der Waals surface area contributed by atoms with E-state index in [1.807, 2.05) is 54.2 Å². The fourth-order valence-electron chi connectivity index (χ4n) is 8.19. The molecule has 0 fully saturated rings. The SMILES string of the molecule is C1=C(c2cccc3c2oc2c(-c4ccc(-c5nc6cc(C7=NC(c8ccccc8)=N/C(c8ccccc8)=C\CC7)ccc6o5)cc4)cccc23)Sc2ccccc2CC1. The second kappa shape index (κ2) is 15.1. The normalized spacial score (nSPS) is 15.4. The van der Waals surface area contributed by atoms with Crippen molar-refractivity contribution in [3.63, 3.8) is 0 Å². The van der Waals surface area contributed by atoms with Crippen molar-refractivity contribution in [3.05, 3.63) is 204 Å². The quantitative estimate of drug-likeness (QED) is 0.169. The second-order valence-electron chi connectivity index (χ2n) is 14.9. The summed E-state index contributed by atoms with van der Waals surface area (Å²) in [5.41, 5.74) is 13.9. The van der Waals surface area contributed by atoms with Crippen LogP contribution in [0.2, 0.25) is 0 Å². The standard InChI is InChI=1S/C53H37N3O2S/c1-3-13-35(14-4-1)44-23-12-24-45(55-52(54-44)37-16-5-2-6-17-37)39-31-32-47-46(33-39)56-53(57-47)38-29-27-34(28-30-38)40-19-10-20-41-42-21-11-22-43(51(42)58-50(40)41)49-26-9-18-36-15-7-8-25-48(36)59-49/h1-8,10-11,13-17,19-23,25-33H,9,12,18,24H2/b44-23-,54-52?,55-45?. The van der Waals surface area contributed by atoms with Crippen LogP contribution in [-0.4, -0.2) is 16.5 Å².